The lowest BCUT2D eigenvalue weighted by atomic mass is 10.1. The van der Waals surface area contributed by atoms with Crippen LogP contribution in [-0.4, -0.2) is 25.5 Å². The van der Waals surface area contributed by atoms with Crippen LogP contribution in [0.3, 0.4) is 0 Å². The SMILES string of the molecule is Cn1cc(-c2noc(NC(C)(C)C)n2)cn1. The molecule has 2 aromatic rings. The summed E-state index contributed by atoms with van der Waals surface area (Å²) >= 11 is 0. The van der Waals surface area contributed by atoms with E-state index in [1.165, 1.54) is 0 Å². The van der Waals surface area contributed by atoms with Gasteiger partial charge in [0.25, 0.3) is 0 Å². The van der Waals surface area contributed by atoms with E-state index < -0.39 is 0 Å². The first-order valence-corrected chi connectivity index (χ1v) is 5.05. The van der Waals surface area contributed by atoms with Crippen LogP contribution in [0, 0.1) is 0 Å². The molecular formula is C10H15N5O. The van der Waals surface area contributed by atoms with Gasteiger partial charge in [0.15, 0.2) is 0 Å². The van der Waals surface area contributed by atoms with Crippen LogP contribution in [0.15, 0.2) is 16.9 Å². The predicted octanol–water partition coefficient (Wildman–Crippen LogP) is 1.68. The maximum absolute atomic E-state index is 5.10. The van der Waals surface area contributed by atoms with Crippen molar-refractivity contribution in [3.05, 3.63) is 12.4 Å². The van der Waals surface area contributed by atoms with E-state index in [1.807, 2.05) is 34.0 Å². The average Bonchev–Trinajstić information content (AvgIpc) is 2.71. The summed E-state index contributed by atoms with van der Waals surface area (Å²) in [6.07, 6.45) is 3.54. The second-order valence-electron chi connectivity index (χ2n) is 4.70. The fourth-order valence-corrected chi connectivity index (χ4v) is 1.25. The second kappa shape index (κ2) is 3.62. The minimum atomic E-state index is -0.0985. The highest BCUT2D eigenvalue weighted by atomic mass is 16.5. The largest absolute Gasteiger partial charge is 0.333 e. The van der Waals surface area contributed by atoms with Gasteiger partial charge >= 0.3 is 6.01 Å². The lowest BCUT2D eigenvalue weighted by molar-refractivity contribution is 0.420. The monoisotopic (exact) mass is 221 g/mol. The topological polar surface area (TPSA) is 68.8 Å². The van der Waals surface area contributed by atoms with Gasteiger partial charge in [0, 0.05) is 18.8 Å². The van der Waals surface area contributed by atoms with Gasteiger partial charge in [-0.3, -0.25) is 4.68 Å². The molecule has 0 saturated carbocycles. The Balaban J connectivity index is 2.20. The molecule has 2 rings (SSSR count). The summed E-state index contributed by atoms with van der Waals surface area (Å²) in [4.78, 5) is 4.24. The van der Waals surface area contributed by atoms with Crippen LogP contribution >= 0.6 is 0 Å². The van der Waals surface area contributed by atoms with E-state index in [9.17, 15) is 0 Å². The fraction of sp³-hybridized carbons (Fsp3) is 0.500. The summed E-state index contributed by atoms with van der Waals surface area (Å²) in [6, 6.07) is 0.423. The van der Waals surface area contributed by atoms with Gasteiger partial charge in [-0.05, 0) is 20.8 Å². The van der Waals surface area contributed by atoms with Crippen molar-refractivity contribution in [2.45, 2.75) is 26.3 Å². The van der Waals surface area contributed by atoms with Crippen molar-refractivity contribution in [2.75, 3.05) is 5.32 Å². The quantitative estimate of drug-likeness (QED) is 0.835. The highest BCUT2D eigenvalue weighted by Crippen LogP contribution is 2.18. The minimum absolute atomic E-state index is 0.0985. The molecule has 6 nitrogen and oxygen atoms in total. The Hall–Kier alpha value is -1.85. The molecule has 0 saturated heterocycles. The number of nitrogens with zero attached hydrogens (tertiary/aromatic N) is 4. The van der Waals surface area contributed by atoms with Crippen molar-refractivity contribution < 1.29 is 4.52 Å². The zero-order valence-corrected chi connectivity index (χ0v) is 9.85. The molecule has 0 amide bonds. The van der Waals surface area contributed by atoms with Gasteiger partial charge in [-0.2, -0.15) is 10.1 Å². The van der Waals surface area contributed by atoms with E-state index in [1.54, 1.807) is 10.9 Å². The van der Waals surface area contributed by atoms with Crippen LogP contribution in [0.2, 0.25) is 0 Å². The first kappa shape index (κ1) is 10.7. The molecule has 2 heterocycles. The molecule has 0 radical (unpaired) electrons. The molecule has 0 aliphatic carbocycles. The Morgan fingerprint density at radius 2 is 2.12 bits per heavy atom. The molecule has 0 aromatic carbocycles. The van der Waals surface area contributed by atoms with E-state index in [2.05, 4.69) is 20.6 Å². The molecule has 6 heteroatoms. The summed E-state index contributed by atoms with van der Waals surface area (Å²) in [5.41, 5.74) is 0.742. The molecule has 0 fully saturated rings. The molecule has 0 unspecified atom stereocenters. The Bertz CT molecular complexity index is 479. The first-order valence-electron chi connectivity index (χ1n) is 5.05. The minimum Gasteiger partial charge on any atom is -0.333 e. The third-order valence-corrected chi connectivity index (χ3v) is 1.87. The highest BCUT2D eigenvalue weighted by Gasteiger charge is 2.15. The van der Waals surface area contributed by atoms with E-state index in [0.717, 1.165) is 5.56 Å². The van der Waals surface area contributed by atoms with Crippen molar-refractivity contribution >= 4 is 6.01 Å². The highest BCUT2D eigenvalue weighted by molar-refractivity contribution is 5.52. The summed E-state index contributed by atoms with van der Waals surface area (Å²) in [6.45, 7) is 6.09. The molecule has 0 spiro atoms. The van der Waals surface area contributed by atoms with Gasteiger partial charge < -0.3 is 9.84 Å². The smallest absolute Gasteiger partial charge is 0.322 e. The normalized spacial score (nSPS) is 11.8. The van der Waals surface area contributed by atoms with E-state index in [0.29, 0.717) is 11.8 Å². The molecule has 0 aliphatic rings. The number of hydrogen-bond donors (Lipinski definition) is 1. The lowest BCUT2D eigenvalue weighted by Crippen LogP contribution is -2.26. The zero-order chi connectivity index (χ0) is 11.8. The fourth-order valence-electron chi connectivity index (χ4n) is 1.25. The van der Waals surface area contributed by atoms with Gasteiger partial charge in [-0.1, -0.05) is 5.16 Å². The number of nitrogens with one attached hydrogen (secondary N) is 1. The van der Waals surface area contributed by atoms with Gasteiger partial charge in [0.2, 0.25) is 5.82 Å². The number of hydrogen-bond acceptors (Lipinski definition) is 5. The summed E-state index contributed by atoms with van der Waals surface area (Å²) in [7, 11) is 1.85. The van der Waals surface area contributed by atoms with Crippen molar-refractivity contribution in [3.63, 3.8) is 0 Å². The summed E-state index contributed by atoms with van der Waals surface area (Å²) in [5.74, 6) is 0.542. The molecular weight excluding hydrogens is 206 g/mol. The maximum Gasteiger partial charge on any atom is 0.322 e. The molecule has 86 valence electrons. The molecule has 16 heavy (non-hydrogen) atoms. The summed E-state index contributed by atoms with van der Waals surface area (Å²) < 4.78 is 6.79. The Labute approximate surface area is 93.7 Å². The predicted molar refractivity (Wildman–Crippen MR) is 59.9 cm³/mol. The van der Waals surface area contributed by atoms with Crippen LogP contribution < -0.4 is 5.32 Å². The van der Waals surface area contributed by atoms with Crippen molar-refractivity contribution in [2.24, 2.45) is 7.05 Å². The molecule has 2 aromatic heterocycles. The third kappa shape index (κ3) is 2.39. The maximum atomic E-state index is 5.10. The average molecular weight is 221 g/mol. The van der Waals surface area contributed by atoms with Crippen LogP contribution in [0.25, 0.3) is 11.4 Å². The van der Waals surface area contributed by atoms with Crippen LogP contribution in [0.4, 0.5) is 6.01 Å². The first-order chi connectivity index (χ1) is 7.44. The number of rotatable bonds is 2. The molecule has 0 atom stereocenters. The van der Waals surface area contributed by atoms with E-state index >= 15 is 0 Å². The Morgan fingerprint density at radius 1 is 1.38 bits per heavy atom. The van der Waals surface area contributed by atoms with Gasteiger partial charge in [-0.15, -0.1) is 0 Å². The third-order valence-electron chi connectivity index (χ3n) is 1.87. The Morgan fingerprint density at radius 3 is 2.69 bits per heavy atom. The molecule has 1 N–H and O–H groups in total. The van der Waals surface area contributed by atoms with Crippen molar-refractivity contribution in [3.8, 4) is 11.4 Å². The van der Waals surface area contributed by atoms with Crippen LogP contribution in [0.1, 0.15) is 20.8 Å². The summed E-state index contributed by atoms with van der Waals surface area (Å²) in [5, 5.41) is 11.0. The van der Waals surface area contributed by atoms with Crippen molar-refractivity contribution in [1.29, 1.82) is 0 Å². The van der Waals surface area contributed by atoms with Crippen molar-refractivity contribution in [1.82, 2.24) is 19.9 Å². The number of aryl methyl sites for hydroxylation is 1. The van der Waals surface area contributed by atoms with Crippen LogP contribution in [-0.2, 0) is 7.05 Å². The van der Waals surface area contributed by atoms with E-state index in [4.69, 9.17) is 4.52 Å². The van der Waals surface area contributed by atoms with Gasteiger partial charge in [-0.25, -0.2) is 0 Å². The lowest BCUT2D eigenvalue weighted by Gasteiger charge is -2.17. The van der Waals surface area contributed by atoms with Gasteiger partial charge in [0.05, 0.1) is 11.8 Å². The Kier molecular flexibility index (Phi) is 2.41. The second-order valence-corrected chi connectivity index (χ2v) is 4.70. The van der Waals surface area contributed by atoms with E-state index in [-0.39, 0.29) is 5.54 Å². The van der Waals surface area contributed by atoms with Gasteiger partial charge in [0.1, 0.15) is 0 Å². The zero-order valence-electron chi connectivity index (χ0n) is 9.85. The molecule has 0 aliphatic heterocycles. The number of aromatic nitrogens is 4. The number of anilines is 1. The standard InChI is InChI=1S/C10H15N5O/c1-10(2,3)13-9-12-8(14-16-9)7-5-11-15(4)6-7/h5-6H,1-4H3,(H,12,13,14). The van der Waals surface area contributed by atoms with Crippen LogP contribution in [0.5, 0.6) is 0 Å². The molecule has 0 bridgehead atoms.